The first kappa shape index (κ1) is 20.3. The van der Waals surface area contributed by atoms with E-state index in [2.05, 4.69) is 22.5 Å². The number of carbonyl (C=O) groups excluding carboxylic acids is 1. The summed E-state index contributed by atoms with van der Waals surface area (Å²) < 4.78 is 0. The average molecular weight is 397 g/mol. The summed E-state index contributed by atoms with van der Waals surface area (Å²) in [6.45, 7) is 4.75. The Kier molecular flexibility index (Phi) is 6.69. The van der Waals surface area contributed by atoms with Crippen molar-refractivity contribution >= 4 is 35.3 Å². The van der Waals surface area contributed by atoms with Crippen molar-refractivity contribution in [2.24, 2.45) is 5.41 Å². The third-order valence-electron chi connectivity index (χ3n) is 4.53. The number of rotatable bonds is 5. The number of nitro benzene ring substituents is 1. The van der Waals surface area contributed by atoms with Crippen LogP contribution in [0, 0.1) is 15.5 Å². The second kappa shape index (κ2) is 8.57. The second-order valence-electron chi connectivity index (χ2n) is 6.59. The molecule has 0 unspecified atom stereocenters. The molecule has 1 aliphatic rings. The summed E-state index contributed by atoms with van der Waals surface area (Å²) in [4.78, 5) is 27.1. The Morgan fingerprint density at radius 2 is 2.15 bits per heavy atom. The lowest BCUT2D eigenvalue weighted by molar-refractivity contribution is -0.384. The van der Waals surface area contributed by atoms with Gasteiger partial charge in [0.1, 0.15) is 10.7 Å². The number of piperidine rings is 1. The molecule has 1 amide bonds. The summed E-state index contributed by atoms with van der Waals surface area (Å²) >= 11 is 1.31. The van der Waals surface area contributed by atoms with Gasteiger partial charge in [-0.3, -0.25) is 14.9 Å². The molecule has 1 aromatic heterocycles. The first-order valence-corrected chi connectivity index (χ1v) is 9.04. The lowest BCUT2D eigenvalue weighted by Gasteiger charge is -2.34. The summed E-state index contributed by atoms with van der Waals surface area (Å²) in [5.41, 5.74) is 1.12. The van der Waals surface area contributed by atoms with E-state index in [1.54, 1.807) is 17.5 Å². The van der Waals surface area contributed by atoms with Gasteiger partial charge in [-0.1, -0.05) is 19.1 Å². The maximum atomic E-state index is 12.4. The predicted octanol–water partition coefficient (Wildman–Crippen LogP) is 3.26. The first-order chi connectivity index (χ1) is 12.0. The van der Waals surface area contributed by atoms with Crippen LogP contribution in [0.1, 0.15) is 30.3 Å². The monoisotopic (exact) mass is 396 g/mol. The van der Waals surface area contributed by atoms with Gasteiger partial charge in [-0.25, -0.2) is 4.98 Å². The maximum absolute atomic E-state index is 12.4. The van der Waals surface area contributed by atoms with Crippen LogP contribution >= 0.6 is 23.7 Å². The number of halogens is 1. The van der Waals surface area contributed by atoms with E-state index in [-0.39, 0.29) is 29.4 Å². The van der Waals surface area contributed by atoms with Crippen molar-refractivity contribution < 1.29 is 9.72 Å². The van der Waals surface area contributed by atoms with Crippen molar-refractivity contribution in [2.75, 3.05) is 19.6 Å². The lowest BCUT2D eigenvalue weighted by Crippen LogP contribution is -2.42. The number of non-ortho nitro benzene ring substituents is 1. The minimum absolute atomic E-state index is 0. The molecule has 1 saturated heterocycles. The van der Waals surface area contributed by atoms with Gasteiger partial charge in [0.05, 0.1) is 4.92 Å². The third kappa shape index (κ3) is 4.78. The molecule has 0 bridgehead atoms. The van der Waals surface area contributed by atoms with Gasteiger partial charge >= 0.3 is 0 Å². The lowest BCUT2D eigenvalue weighted by atomic mass is 9.81. The fraction of sp³-hybridized carbons (Fsp3) is 0.412. The van der Waals surface area contributed by atoms with Gasteiger partial charge < -0.3 is 10.6 Å². The van der Waals surface area contributed by atoms with E-state index >= 15 is 0 Å². The highest BCUT2D eigenvalue weighted by Gasteiger charge is 2.27. The van der Waals surface area contributed by atoms with E-state index in [9.17, 15) is 14.9 Å². The Labute approximate surface area is 161 Å². The standard InChI is InChI=1S/C17H20N4O3S.ClH/c1-17(5-7-18-8-6-17)11-19-15(22)14-10-25-16(20-14)12-3-2-4-13(9-12)21(23)24;/h2-4,9-10,18H,5-8,11H2,1H3,(H,19,22);1H. The van der Waals surface area contributed by atoms with Crippen LogP contribution in [0.25, 0.3) is 10.6 Å². The molecule has 1 aromatic carbocycles. The van der Waals surface area contributed by atoms with Gasteiger partial charge in [-0.15, -0.1) is 23.7 Å². The van der Waals surface area contributed by atoms with Crippen molar-refractivity contribution in [3.63, 3.8) is 0 Å². The minimum Gasteiger partial charge on any atom is -0.350 e. The van der Waals surface area contributed by atoms with Crippen LogP contribution in [0.5, 0.6) is 0 Å². The van der Waals surface area contributed by atoms with Crippen LogP contribution < -0.4 is 10.6 Å². The van der Waals surface area contributed by atoms with Crippen LogP contribution in [-0.4, -0.2) is 35.4 Å². The fourth-order valence-corrected chi connectivity index (χ4v) is 3.65. The Morgan fingerprint density at radius 1 is 1.42 bits per heavy atom. The molecule has 2 N–H and O–H groups in total. The van der Waals surface area contributed by atoms with Crippen molar-refractivity contribution in [1.82, 2.24) is 15.6 Å². The predicted molar refractivity (Wildman–Crippen MR) is 104 cm³/mol. The van der Waals surface area contributed by atoms with E-state index in [0.717, 1.165) is 25.9 Å². The molecule has 0 saturated carbocycles. The van der Waals surface area contributed by atoms with Crippen molar-refractivity contribution in [3.8, 4) is 10.6 Å². The highest BCUT2D eigenvalue weighted by atomic mass is 35.5. The van der Waals surface area contributed by atoms with Gasteiger partial charge in [0, 0.05) is 29.6 Å². The quantitative estimate of drug-likeness (QED) is 0.597. The third-order valence-corrected chi connectivity index (χ3v) is 5.42. The Hall–Kier alpha value is -2.03. The number of nitro groups is 1. The largest absolute Gasteiger partial charge is 0.350 e. The Bertz CT molecular complexity index is 790. The van der Waals surface area contributed by atoms with Crippen molar-refractivity contribution in [1.29, 1.82) is 0 Å². The van der Waals surface area contributed by atoms with E-state index < -0.39 is 4.92 Å². The van der Waals surface area contributed by atoms with Gasteiger partial charge in [-0.05, 0) is 31.3 Å². The molecule has 0 radical (unpaired) electrons. The number of thiazole rings is 1. The molecule has 7 nitrogen and oxygen atoms in total. The molecule has 140 valence electrons. The number of benzene rings is 1. The number of hydrogen-bond donors (Lipinski definition) is 2. The van der Waals surface area contributed by atoms with Crippen LogP contribution in [0.15, 0.2) is 29.6 Å². The number of nitrogens with zero attached hydrogens (tertiary/aromatic N) is 2. The summed E-state index contributed by atoms with van der Waals surface area (Å²) in [5.74, 6) is -0.201. The molecule has 2 heterocycles. The molecular formula is C17H21ClN4O3S. The molecule has 0 spiro atoms. The minimum atomic E-state index is -0.440. The van der Waals surface area contributed by atoms with Gasteiger partial charge in [-0.2, -0.15) is 0 Å². The van der Waals surface area contributed by atoms with Crippen LogP contribution in [0.4, 0.5) is 5.69 Å². The van der Waals surface area contributed by atoms with E-state index in [1.807, 2.05) is 0 Å². The smallest absolute Gasteiger partial charge is 0.270 e. The molecule has 2 aromatic rings. The molecular weight excluding hydrogens is 376 g/mol. The van der Waals surface area contributed by atoms with Crippen molar-refractivity contribution in [2.45, 2.75) is 19.8 Å². The molecule has 26 heavy (non-hydrogen) atoms. The van der Waals surface area contributed by atoms with E-state index in [1.165, 1.54) is 23.5 Å². The molecule has 0 aliphatic carbocycles. The number of hydrogen-bond acceptors (Lipinski definition) is 6. The van der Waals surface area contributed by atoms with E-state index in [0.29, 0.717) is 22.8 Å². The van der Waals surface area contributed by atoms with E-state index in [4.69, 9.17) is 0 Å². The summed E-state index contributed by atoms with van der Waals surface area (Å²) in [5, 5.41) is 19.5. The van der Waals surface area contributed by atoms with Crippen LogP contribution in [0.2, 0.25) is 0 Å². The fourth-order valence-electron chi connectivity index (χ4n) is 2.85. The second-order valence-corrected chi connectivity index (χ2v) is 7.45. The SMILES string of the molecule is CC1(CNC(=O)c2csc(-c3cccc([N+](=O)[O-])c3)n2)CCNCC1.Cl. The summed E-state index contributed by atoms with van der Waals surface area (Å²) in [6.07, 6.45) is 2.06. The number of aromatic nitrogens is 1. The zero-order valence-corrected chi connectivity index (χ0v) is 16.0. The topological polar surface area (TPSA) is 97.2 Å². The number of nitrogens with one attached hydrogen (secondary N) is 2. The maximum Gasteiger partial charge on any atom is 0.270 e. The molecule has 3 rings (SSSR count). The Balaban J connectivity index is 0.00000243. The van der Waals surface area contributed by atoms with Gasteiger partial charge in [0.2, 0.25) is 0 Å². The molecule has 9 heteroatoms. The van der Waals surface area contributed by atoms with Crippen LogP contribution in [0.3, 0.4) is 0 Å². The first-order valence-electron chi connectivity index (χ1n) is 8.16. The van der Waals surface area contributed by atoms with Gasteiger partial charge in [0.25, 0.3) is 11.6 Å². The number of amides is 1. The molecule has 0 atom stereocenters. The normalized spacial score (nSPS) is 15.7. The summed E-state index contributed by atoms with van der Waals surface area (Å²) in [6, 6.07) is 6.27. The summed E-state index contributed by atoms with van der Waals surface area (Å²) in [7, 11) is 0. The van der Waals surface area contributed by atoms with Crippen molar-refractivity contribution in [3.05, 3.63) is 45.5 Å². The average Bonchev–Trinajstić information content (AvgIpc) is 3.11. The molecule has 1 fully saturated rings. The zero-order valence-electron chi connectivity index (χ0n) is 14.4. The highest BCUT2D eigenvalue weighted by molar-refractivity contribution is 7.13. The highest BCUT2D eigenvalue weighted by Crippen LogP contribution is 2.28. The molecule has 1 aliphatic heterocycles. The number of carbonyl (C=O) groups is 1. The zero-order chi connectivity index (χ0) is 17.9. The Morgan fingerprint density at radius 3 is 2.85 bits per heavy atom. The van der Waals surface area contributed by atoms with Gasteiger partial charge in [0.15, 0.2) is 0 Å². The van der Waals surface area contributed by atoms with Crippen LogP contribution in [-0.2, 0) is 0 Å².